The molecule has 1 amide bonds. The molecule has 0 aliphatic rings. The number of amides is 1. The number of nitriles is 1. The minimum atomic E-state index is -1.13. The maximum Gasteiger partial charge on any atom is 0.316 e. The van der Waals surface area contributed by atoms with E-state index in [9.17, 15) is 9.59 Å². The summed E-state index contributed by atoms with van der Waals surface area (Å²) in [6.07, 6.45) is 0.193. The molecule has 2 atom stereocenters. The number of aliphatic carboxylic acids is 1. The van der Waals surface area contributed by atoms with E-state index in [-0.39, 0.29) is 12.5 Å². The zero-order valence-corrected chi connectivity index (χ0v) is 11.0. The van der Waals surface area contributed by atoms with Crippen LogP contribution in [0.5, 0.6) is 0 Å². The SMILES string of the molecule is CC(CC#N)N(C)C(=O)C(C(=O)O)C(C)(C)C. The van der Waals surface area contributed by atoms with Gasteiger partial charge in [0.05, 0.1) is 12.5 Å². The number of carboxylic acids is 1. The van der Waals surface area contributed by atoms with E-state index in [0.29, 0.717) is 0 Å². The van der Waals surface area contributed by atoms with Crippen molar-refractivity contribution in [2.75, 3.05) is 7.05 Å². The fourth-order valence-electron chi connectivity index (χ4n) is 1.54. The lowest BCUT2D eigenvalue weighted by Gasteiger charge is -2.32. The van der Waals surface area contributed by atoms with Crippen molar-refractivity contribution in [3.8, 4) is 6.07 Å². The molecule has 17 heavy (non-hydrogen) atoms. The highest BCUT2D eigenvalue weighted by molar-refractivity contribution is 5.97. The zero-order valence-electron chi connectivity index (χ0n) is 11.0. The molecule has 0 aromatic rings. The second-order valence-electron chi connectivity index (χ2n) is 5.30. The van der Waals surface area contributed by atoms with Crippen molar-refractivity contribution in [2.24, 2.45) is 11.3 Å². The summed E-state index contributed by atoms with van der Waals surface area (Å²) in [4.78, 5) is 24.6. The Hall–Kier alpha value is -1.57. The predicted molar refractivity (Wildman–Crippen MR) is 63.0 cm³/mol. The third kappa shape index (κ3) is 4.06. The second kappa shape index (κ2) is 5.67. The maximum atomic E-state index is 12.1. The average molecular weight is 240 g/mol. The smallest absolute Gasteiger partial charge is 0.316 e. The summed E-state index contributed by atoms with van der Waals surface area (Å²) in [5.41, 5.74) is -0.649. The summed E-state index contributed by atoms with van der Waals surface area (Å²) in [6.45, 7) is 6.87. The van der Waals surface area contributed by atoms with Crippen LogP contribution in [-0.2, 0) is 9.59 Å². The first-order valence-electron chi connectivity index (χ1n) is 5.49. The van der Waals surface area contributed by atoms with Gasteiger partial charge in [-0.1, -0.05) is 20.8 Å². The first kappa shape index (κ1) is 15.4. The van der Waals surface area contributed by atoms with Crippen molar-refractivity contribution in [1.82, 2.24) is 4.90 Å². The number of hydrogen-bond donors (Lipinski definition) is 1. The van der Waals surface area contributed by atoms with E-state index >= 15 is 0 Å². The van der Waals surface area contributed by atoms with Gasteiger partial charge in [-0.3, -0.25) is 9.59 Å². The van der Waals surface area contributed by atoms with Gasteiger partial charge in [0.25, 0.3) is 0 Å². The van der Waals surface area contributed by atoms with Gasteiger partial charge in [-0.15, -0.1) is 0 Å². The van der Waals surface area contributed by atoms with Crippen LogP contribution in [0.25, 0.3) is 0 Å². The molecule has 5 nitrogen and oxygen atoms in total. The molecule has 0 saturated carbocycles. The molecule has 0 heterocycles. The van der Waals surface area contributed by atoms with Crippen LogP contribution in [0.1, 0.15) is 34.1 Å². The second-order valence-corrected chi connectivity index (χ2v) is 5.30. The van der Waals surface area contributed by atoms with Gasteiger partial charge in [-0.05, 0) is 12.3 Å². The molecule has 0 bridgehead atoms. The van der Waals surface area contributed by atoms with E-state index < -0.39 is 23.2 Å². The maximum absolute atomic E-state index is 12.1. The molecule has 5 heteroatoms. The first-order chi connectivity index (χ1) is 7.62. The normalized spacial score (nSPS) is 14.6. The third-order valence-corrected chi connectivity index (χ3v) is 2.76. The van der Waals surface area contributed by atoms with E-state index in [1.807, 2.05) is 6.07 Å². The van der Waals surface area contributed by atoms with Crippen molar-refractivity contribution >= 4 is 11.9 Å². The van der Waals surface area contributed by atoms with E-state index in [1.54, 1.807) is 27.7 Å². The van der Waals surface area contributed by atoms with Crippen LogP contribution in [-0.4, -0.2) is 35.0 Å². The Labute approximate surface area is 102 Å². The Morgan fingerprint density at radius 3 is 2.18 bits per heavy atom. The van der Waals surface area contributed by atoms with Crippen molar-refractivity contribution < 1.29 is 14.7 Å². The minimum absolute atomic E-state index is 0.193. The summed E-state index contributed by atoms with van der Waals surface area (Å²) in [5, 5.41) is 17.7. The summed E-state index contributed by atoms with van der Waals surface area (Å²) in [7, 11) is 1.53. The fourth-order valence-corrected chi connectivity index (χ4v) is 1.54. The van der Waals surface area contributed by atoms with Crippen molar-refractivity contribution in [3.05, 3.63) is 0 Å². The lowest BCUT2D eigenvalue weighted by molar-refractivity contribution is -0.156. The monoisotopic (exact) mass is 240 g/mol. The summed E-state index contributed by atoms with van der Waals surface area (Å²) >= 11 is 0. The number of carbonyl (C=O) groups is 2. The molecule has 0 fully saturated rings. The molecule has 0 spiro atoms. The number of carbonyl (C=O) groups excluding carboxylic acids is 1. The molecule has 0 radical (unpaired) electrons. The van der Waals surface area contributed by atoms with Gasteiger partial charge in [0.1, 0.15) is 5.92 Å². The average Bonchev–Trinajstić information content (AvgIpc) is 2.13. The summed E-state index contributed by atoms with van der Waals surface area (Å²) < 4.78 is 0. The van der Waals surface area contributed by atoms with Gasteiger partial charge in [0.15, 0.2) is 0 Å². The van der Waals surface area contributed by atoms with Crippen LogP contribution >= 0.6 is 0 Å². The van der Waals surface area contributed by atoms with E-state index in [0.717, 1.165) is 0 Å². The lowest BCUT2D eigenvalue weighted by Crippen LogP contribution is -2.46. The highest BCUT2D eigenvalue weighted by atomic mass is 16.4. The van der Waals surface area contributed by atoms with Crippen molar-refractivity contribution in [1.29, 1.82) is 5.26 Å². The van der Waals surface area contributed by atoms with E-state index in [1.165, 1.54) is 11.9 Å². The molecular weight excluding hydrogens is 220 g/mol. The van der Waals surface area contributed by atoms with Crippen LogP contribution in [0, 0.1) is 22.7 Å². The van der Waals surface area contributed by atoms with Gasteiger partial charge in [-0.25, -0.2) is 0 Å². The molecule has 0 aromatic heterocycles. The number of nitrogens with zero attached hydrogens (tertiary/aromatic N) is 2. The Morgan fingerprint density at radius 1 is 1.41 bits per heavy atom. The van der Waals surface area contributed by atoms with Crippen molar-refractivity contribution in [3.63, 3.8) is 0 Å². The minimum Gasteiger partial charge on any atom is -0.481 e. The first-order valence-corrected chi connectivity index (χ1v) is 5.49. The molecule has 0 rings (SSSR count). The number of hydrogen-bond acceptors (Lipinski definition) is 3. The van der Waals surface area contributed by atoms with Crippen LogP contribution in [0.4, 0.5) is 0 Å². The predicted octanol–water partition coefficient (Wildman–Crippen LogP) is 1.49. The molecule has 0 aromatic carbocycles. The Balaban J connectivity index is 5.00. The summed E-state index contributed by atoms with van der Waals surface area (Å²) in [6, 6.07) is 1.69. The third-order valence-electron chi connectivity index (χ3n) is 2.76. The van der Waals surface area contributed by atoms with Crippen LogP contribution in [0.2, 0.25) is 0 Å². The molecular formula is C12H20N2O3. The fraction of sp³-hybridized carbons (Fsp3) is 0.750. The topological polar surface area (TPSA) is 81.4 Å². The molecule has 0 saturated heterocycles. The number of rotatable bonds is 4. The molecule has 0 aliphatic heterocycles. The van der Waals surface area contributed by atoms with Crippen LogP contribution in [0.15, 0.2) is 0 Å². The van der Waals surface area contributed by atoms with E-state index in [4.69, 9.17) is 10.4 Å². The molecule has 0 aliphatic carbocycles. The Kier molecular flexibility index (Phi) is 5.14. The van der Waals surface area contributed by atoms with Crippen LogP contribution in [0.3, 0.4) is 0 Å². The van der Waals surface area contributed by atoms with Crippen LogP contribution < -0.4 is 0 Å². The zero-order chi connectivity index (χ0) is 13.8. The lowest BCUT2D eigenvalue weighted by atomic mass is 9.79. The van der Waals surface area contributed by atoms with Gasteiger partial charge < -0.3 is 10.0 Å². The van der Waals surface area contributed by atoms with E-state index in [2.05, 4.69) is 0 Å². The van der Waals surface area contributed by atoms with Gasteiger partial charge in [0.2, 0.25) is 5.91 Å². The molecule has 2 unspecified atom stereocenters. The molecule has 1 N–H and O–H groups in total. The van der Waals surface area contributed by atoms with Gasteiger partial charge >= 0.3 is 5.97 Å². The largest absolute Gasteiger partial charge is 0.481 e. The molecule has 96 valence electrons. The standard InChI is InChI=1S/C12H20N2O3/c1-8(6-7-13)14(5)10(15)9(11(16)17)12(2,3)4/h8-9H,6H2,1-5H3,(H,16,17). The van der Waals surface area contributed by atoms with Gasteiger partial charge in [0, 0.05) is 13.1 Å². The highest BCUT2D eigenvalue weighted by Crippen LogP contribution is 2.28. The number of carboxylic acid groups (broad SMARTS) is 1. The Morgan fingerprint density at radius 2 is 1.88 bits per heavy atom. The Bertz CT molecular complexity index is 339. The quantitative estimate of drug-likeness (QED) is 0.755. The highest BCUT2D eigenvalue weighted by Gasteiger charge is 2.40. The summed E-state index contributed by atoms with van der Waals surface area (Å²) in [5.74, 6) is -2.67. The van der Waals surface area contributed by atoms with Gasteiger partial charge in [-0.2, -0.15) is 5.26 Å². The van der Waals surface area contributed by atoms with Crippen molar-refractivity contribution in [2.45, 2.75) is 40.2 Å².